The average Bonchev–Trinajstić information content (AvgIpc) is 2.52. The van der Waals surface area contributed by atoms with Crippen LogP contribution in [0.5, 0.6) is 11.5 Å². The van der Waals surface area contributed by atoms with Gasteiger partial charge in [0, 0.05) is 12.0 Å². The molecule has 0 radical (unpaired) electrons. The van der Waals surface area contributed by atoms with E-state index < -0.39 is 0 Å². The first-order valence-electron chi connectivity index (χ1n) is 8.30. The van der Waals surface area contributed by atoms with Crippen molar-refractivity contribution in [2.24, 2.45) is 0 Å². The van der Waals surface area contributed by atoms with Crippen LogP contribution in [0.15, 0.2) is 42.5 Å². The Hall–Kier alpha value is -2.20. The molecule has 0 aromatic heterocycles. The van der Waals surface area contributed by atoms with Crippen molar-refractivity contribution < 1.29 is 14.3 Å². The van der Waals surface area contributed by atoms with Crippen molar-refractivity contribution in [3.8, 4) is 11.5 Å². The largest absolute Gasteiger partial charge is 0.487 e. The van der Waals surface area contributed by atoms with Crippen LogP contribution in [0.4, 0.5) is 0 Å². The Kier molecular flexibility index (Phi) is 4.91. The highest BCUT2D eigenvalue weighted by Crippen LogP contribution is 2.39. The number of nitrogens with one attached hydrogen (secondary N) is 1. The molecular formula is C20H22ClNO3. The molecule has 1 amide bonds. The second kappa shape index (κ2) is 6.96. The molecule has 0 aliphatic carbocycles. The van der Waals surface area contributed by atoms with E-state index in [2.05, 4.69) is 5.32 Å². The van der Waals surface area contributed by atoms with Gasteiger partial charge in [-0.2, -0.15) is 0 Å². The first-order chi connectivity index (χ1) is 11.8. The molecule has 0 saturated carbocycles. The maximum absolute atomic E-state index is 12.4. The summed E-state index contributed by atoms with van der Waals surface area (Å²) in [4.78, 5) is 12.4. The highest BCUT2D eigenvalue weighted by Gasteiger charge is 2.34. The molecule has 0 fully saturated rings. The smallest absolute Gasteiger partial charge is 0.258 e. The first-order valence-corrected chi connectivity index (χ1v) is 8.68. The third-order valence-corrected chi connectivity index (χ3v) is 4.47. The molecule has 1 N–H and O–H groups in total. The Morgan fingerprint density at radius 1 is 1.32 bits per heavy atom. The number of fused-ring (bicyclic) bond motifs is 1. The summed E-state index contributed by atoms with van der Waals surface area (Å²) >= 11 is 6.05. The van der Waals surface area contributed by atoms with Crippen LogP contribution in [-0.2, 0) is 4.79 Å². The van der Waals surface area contributed by atoms with Gasteiger partial charge in [-0.15, -0.1) is 0 Å². The summed E-state index contributed by atoms with van der Waals surface area (Å²) in [5.41, 5.74) is 1.78. The predicted molar refractivity (Wildman–Crippen MR) is 98.3 cm³/mol. The van der Waals surface area contributed by atoms with Crippen LogP contribution in [0, 0.1) is 6.92 Å². The molecule has 2 aromatic carbocycles. The number of carbonyl (C=O) groups excluding carboxylic acids is 1. The van der Waals surface area contributed by atoms with Crippen molar-refractivity contribution in [3.63, 3.8) is 0 Å². The minimum Gasteiger partial charge on any atom is -0.487 e. The van der Waals surface area contributed by atoms with E-state index in [-0.39, 0.29) is 24.2 Å². The fourth-order valence-electron chi connectivity index (χ4n) is 3.03. The number of halogens is 1. The molecule has 25 heavy (non-hydrogen) atoms. The Labute approximate surface area is 153 Å². The van der Waals surface area contributed by atoms with Crippen LogP contribution in [0.1, 0.15) is 37.4 Å². The maximum atomic E-state index is 12.4. The van der Waals surface area contributed by atoms with Crippen LogP contribution in [0.2, 0.25) is 5.02 Å². The summed E-state index contributed by atoms with van der Waals surface area (Å²) in [5, 5.41) is 3.54. The fraction of sp³-hybridized carbons (Fsp3) is 0.350. The zero-order chi connectivity index (χ0) is 18.0. The molecular weight excluding hydrogens is 338 g/mol. The second-order valence-electron chi connectivity index (χ2n) is 6.95. The number of para-hydroxylation sites is 1. The third kappa shape index (κ3) is 4.26. The first kappa shape index (κ1) is 17.6. The molecule has 4 nitrogen and oxygen atoms in total. The summed E-state index contributed by atoms with van der Waals surface area (Å²) in [6, 6.07) is 13.0. The average molecular weight is 360 g/mol. The number of amides is 1. The number of hydrogen-bond acceptors (Lipinski definition) is 3. The standard InChI is InChI=1S/C20H22ClNO3/c1-13-8-9-14-16(11-20(2,3)25-18(14)10-13)22-19(23)12-24-17-7-5-4-6-15(17)21/h4-10,16H,11-12H2,1-3H3,(H,22,23)/t16-/m0/s1. The quantitative estimate of drug-likeness (QED) is 0.877. The molecule has 5 heteroatoms. The summed E-state index contributed by atoms with van der Waals surface area (Å²) in [6.45, 7) is 5.99. The number of benzene rings is 2. The van der Waals surface area contributed by atoms with E-state index in [1.807, 2.05) is 51.1 Å². The molecule has 0 saturated heterocycles. The molecule has 3 rings (SSSR count). The van der Waals surface area contributed by atoms with Crippen LogP contribution in [0.3, 0.4) is 0 Å². The lowest BCUT2D eigenvalue weighted by atomic mass is 9.89. The molecule has 1 heterocycles. The van der Waals surface area contributed by atoms with Gasteiger partial charge in [0.25, 0.3) is 5.91 Å². The number of rotatable bonds is 4. The van der Waals surface area contributed by atoms with Gasteiger partial charge in [0.2, 0.25) is 0 Å². The summed E-state index contributed by atoms with van der Waals surface area (Å²) < 4.78 is 11.6. The maximum Gasteiger partial charge on any atom is 0.258 e. The van der Waals surface area contributed by atoms with Crippen molar-refractivity contribution >= 4 is 17.5 Å². The highest BCUT2D eigenvalue weighted by atomic mass is 35.5. The van der Waals surface area contributed by atoms with Gasteiger partial charge in [0.1, 0.15) is 17.1 Å². The summed E-state index contributed by atoms with van der Waals surface area (Å²) in [7, 11) is 0. The van der Waals surface area contributed by atoms with Crippen LogP contribution in [-0.4, -0.2) is 18.1 Å². The van der Waals surface area contributed by atoms with E-state index in [9.17, 15) is 4.79 Å². The number of hydrogen-bond donors (Lipinski definition) is 1. The van der Waals surface area contributed by atoms with Crippen LogP contribution in [0.25, 0.3) is 0 Å². The van der Waals surface area contributed by atoms with Gasteiger partial charge in [-0.25, -0.2) is 0 Å². The van der Waals surface area contributed by atoms with E-state index >= 15 is 0 Å². The van der Waals surface area contributed by atoms with Crippen molar-refractivity contribution in [2.45, 2.75) is 38.8 Å². The lowest BCUT2D eigenvalue weighted by molar-refractivity contribution is -0.124. The molecule has 0 bridgehead atoms. The molecule has 1 atom stereocenters. The number of ether oxygens (including phenoxy) is 2. The normalized spacial score (nSPS) is 18.0. The predicted octanol–water partition coefficient (Wildman–Crippen LogP) is 4.45. The van der Waals surface area contributed by atoms with Crippen molar-refractivity contribution in [3.05, 3.63) is 58.6 Å². The van der Waals surface area contributed by atoms with E-state index in [4.69, 9.17) is 21.1 Å². The summed E-state index contributed by atoms with van der Waals surface area (Å²) in [6.07, 6.45) is 0.695. The topological polar surface area (TPSA) is 47.6 Å². The molecule has 1 aliphatic rings. The van der Waals surface area contributed by atoms with Gasteiger partial charge in [-0.1, -0.05) is 35.9 Å². The van der Waals surface area contributed by atoms with Crippen molar-refractivity contribution in [1.29, 1.82) is 0 Å². The van der Waals surface area contributed by atoms with Gasteiger partial charge >= 0.3 is 0 Å². The molecule has 0 unspecified atom stereocenters. The Morgan fingerprint density at radius 2 is 2.08 bits per heavy atom. The van der Waals surface area contributed by atoms with E-state index in [0.717, 1.165) is 16.9 Å². The van der Waals surface area contributed by atoms with E-state index in [1.165, 1.54) is 0 Å². The fourth-order valence-corrected chi connectivity index (χ4v) is 3.22. The zero-order valence-electron chi connectivity index (χ0n) is 14.6. The van der Waals surface area contributed by atoms with Crippen molar-refractivity contribution in [2.75, 3.05) is 6.61 Å². The van der Waals surface area contributed by atoms with Gasteiger partial charge in [0.05, 0.1) is 11.1 Å². The molecule has 2 aromatic rings. The van der Waals surface area contributed by atoms with Crippen molar-refractivity contribution in [1.82, 2.24) is 5.32 Å². The lowest BCUT2D eigenvalue weighted by Crippen LogP contribution is -2.42. The van der Waals surface area contributed by atoms with Gasteiger partial charge < -0.3 is 14.8 Å². The third-order valence-electron chi connectivity index (χ3n) is 4.16. The van der Waals surface area contributed by atoms with Gasteiger partial charge in [-0.05, 0) is 44.5 Å². The SMILES string of the molecule is Cc1ccc2c(c1)OC(C)(C)C[C@@H]2NC(=O)COc1ccccc1Cl. The van der Waals surface area contributed by atoms with E-state index in [0.29, 0.717) is 17.2 Å². The molecule has 132 valence electrons. The molecule has 1 aliphatic heterocycles. The highest BCUT2D eigenvalue weighted by molar-refractivity contribution is 6.32. The lowest BCUT2D eigenvalue weighted by Gasteiger charge is -2.38. The Morgan fingerprint density at radius 3 is 2.84 bits per heavy atom. The number of aryl methyl sites for hydroxylation is 1. The van der Waals surface area contributed by atoms with Gasteiger partial charge in [0.15, 0.2) is 6.61 Å². The zero-order valence-corrected chi connectivity index (χ0v) is 15.4. The monoisotopic (exact) mass is 359 g/mol. The number of carbonyl (C=O) groups is 1. The Balaban J connectivity index is 1.70. The van der Waals surface area contributed by atoms with E-state index in [1.54, 1.807) is 12.1 Å². The minimum atomic E-state index is -0.345. The van der Waals surface area contributed by atoms with Crippen LogP contribution >= 0.6 is 11.6 Å². The van der Waals surface area contributed by atoms with Crippen LogP contribution < -0.4 is 14.8 Å². The second-order valence-corrected chi connectivity index (χ2v) is 7.35. The Bertz CT molecular complexity index is 788. The summed E-state index contributed by atoms with van der Waals surface area (Å²) in [5.74, 6) is 1.14. The molecule has 0 spiro atoms. The van der Waals surface area contributed by atoms with Gasteiger partial charge in [-0.3, -0.25) is 4.79 Å². The minimum absolute atomic E-state index is 0.0806.